The van der Waals surface area contributed by atoms with Crippen LogP contribution in [-0.4, -0.2) is 26.8 Å². The molecule has 0 bridgehead atoms. The van der Waals surface area contributed by atoms with Crippen molar-refractivity contribution in [2.24, 2.45) is 0 Å². The Balaban J connectivity index is 1.95. The van der Waals surface area contributed by atoms with Crippen molar-refractivity contribution in [1.82, 2.24) is 9.97 Å². The van der Waals surface area contributed by atoms with Gasteiger partial charge in [0.15, 0.2) is 4.34 Å². The number of carboxylic acid groups (broad SMARTS) is 1. The molecule has 4 nitrogen and oxygen atoms in total. The second kappa shape index (κ2) is 5.18. The normalized spacial score (nSPS) is 10.5. The van der Waals surface area contributed by atoms with Gasteiger partial charge in [-0.05, 0) is 6.07 Å². The lowest BCUT2D eigenvalue weighted by molar-refractivity contribution is -0.136. The van der Waals surface area contributed by atoms with E-state index in [2.05, 4.69) is 9.97 Å². The monoisotopic (exact) mass is 254 g/mol. The van der Waals surface area contributed by atoms with Gasteiger partial charge in [-0.2, -0.15) is 0 Å². The number of carbonyl (C=O) groups is 1. The van der Waals surface area contributed by atoms with Gasteiger partial charge in [-0.25, -0.2) is 4.98 Å². The highest BCUT2D eigenvalue weighted by molar-refractivity contribution is 8.01. The fourth-order valence-corrected chi connectivity index (χ4v) is 3.00. The molecular weight excluding hydrogens is 244 g/mol. The molecular formula is C10H10N2O2S2. The molecule has 0 aliphatic carbocycles. The minimum Gasteiger partial charge on any atom is -0.481 e. The van der Waals surface area contributed by atoms with Gasteiger partial charge in [-0.3, -0.25) is 4.79 Å². The van der Waals surface area contributed by atoms with E-state index in [1.165, 1.54) is 11.8 Å². The van der Waals surface area contributed by atoms with Crippen LogP contribution in [0.15, 0.2) is 28.2 Å². The van der Waals surface area contributed by atoms with Crippen LogP contribution in [0.3, 0.4) is 0 Å². The van der Waals surface area contributed by atoms with E-state index < -0.39 is 5.97 Å². The number of thioether (sulfide) groups is 1. The van der Waals surface area contributed by atoms with Crippen LogP contribution in [0.2, 0.25) is 0 Å². The van der Waals surface area contributed by atoms with E-state index in [-0.39, 0.29) is 6.42 Å². The molecule has 0 fully saturated rings. The van der Waals surface area contributed by atoms with Gasteiger partial charge in [-0.15, -0.1) is 11.3 Å². The van der Waals surface area contributed by atoms with E-state index in [4.69, 9.17) is 5.11 Å². The zero-order valence-electron chi connectivity index (χ0n) is 8.34. The summed E-state index contributed by atoms with van der Waals surface area (Å²) in [6, 6.07) is 1.96. The minimum atomic E-state index is -0.769. The van der Waals surface area contributed by atoms with E-state index in [1.54, 1.807) is 11.3 Å². The number of rotatable bonds is 5. The number of aromatic nitrogens is 2. The molecule has 0 aliphatic heterocycles. The van der Waals surface area contributed by atoms with Gasteiger partial charge in [-0.1, -0.05) is 11.8 Å². The number of nitrogens with zero attached hydrogens (tertiary/aromatic N) is 1. The van der Waals surface area contributed by atoms with Crippen LogP contribution in [0, 0.1) is 0 Å². The van der Waals surface area contributed by atoms with Crippen LogP contribution in [0.25, 0.3) is 11.3 Å². The molecule has 2 N–H and O–H groups in total. The van der Waals surface area contributed by atoms with Crippen molar-refractivity contribution in [1.29, 1.82) is 0 Å². The van der Waals surface area contributed by atoms with E-state index in [9.17, 15) is 4.79 Å². The smallest absolute Gasteiger partial charge is 0.304 e. The predicted molar refractivity (Wildman–Crippen MR) is 64.9 cm³/mol. The third-order valence-electron chi connectivity index (χ3n) is 1.92. The number of aliphatic carboxylic acids is 1. The summed E-state index contributed by atoms with van der Waals surface area (Å²) in [6.07, 6.45) is 3.91. The number of carboxylic acids is 1. The molecule has 84 valence electrons. The molecule has 2 aromatic heterocycles. The van der Waals surface area contributed by atoms with Gasteiger partial charge in [0.25, 0.3) is 0 Å². The van der Waals surface area contributed by atoms with Gasteiger partial charge in [0.2, 0.25) is 0 Å². The number of hydrogen-bond acceptors (Lipinski definition) is 4. The summed E-state index contributed by atoms with van der Waals surface area (Å²) in [5.41, 5.74) is 1.99. The largest absolute Gasteiger partial charge is 0.481 e. The molecule has 0 atom stereocenters. The second-order valence-corrected chi connectivity index (χ2v) is 5.29. The number of hydrogen-bond donors (Lipinski definition) is 2. The summed E-state index contributed by atoms with van der Waals surface area (Å²) in [6.45, 7) is 0. The number of thiazole rings is 1. The lowest BCUT2D eigenvalue weighted by Gasteiger charge is -1.93. The Morgan fingerprint density at radius 2 is 2.50 bits per heavy atom. The summed E-state index contributed by atoms with van der Waals surface area (Å²) < 4.78 is 0.914. The highest BCUT2D eigenvalue weighted by Crippen LogP contribution is 2.28. The van der Waals surface area contributed by atoms with Gasteiger partial charge >= 0.3 is 5.97 Å². The number of nitrogens with one attached hydrogen (secondary N) is 1. The van der Waals surface area contributed by atoms with Crippen LogP contribution in [0.1, 0.15) is 6.42 Å². The third kappa shape index (κ3) is 2.86. The van der Waals surface area contributed by atoms with Crippen molar-refractivity contribution in [3.05, 3.63) is 23.8 Å². The molecule has 2 aromatic rings. The molecule has 16 heavy (non-hydrogen) atoms. The molecule has 0 unspecified atom stereocenters. The number of H-pyrrole nitrogens is 1. The lowest BCUT2D eigenvalue weighted by atomic mass is 10.3. The summed E-state index contributed by atoms with van der Waals surface area (Å²) in [5.74, 6) is -0.204. The summed E-state index contributed by atoms with van der Waals surface area (Å²) in [7, 11) is 0. The molecule has 2 rings (SSSR count). The Morgan fingerprint density at radius 3 is 3.19 bits per heavy atom. The zero-order valence-corrected chi connectivity index (χ0v) is 9.98. The maximum Gasteiger partial charge on any atom is 0.304 e. The van der Waals surface area contributed by atoms with Gasteiger partial charge in [0.05, 0.1) is 12.1 Å². The first-order valence-electron chi connectivity index (χ1n) is 4.69. The fourth-order valence-electron chi connectivity index (χ4n) is 1.17. The summed E-state index contributed by atoms with van der Waals surface area (Å²) in [5, 5.41) is 10.5. The Labute approximate surface area is 101 Å². The molecule has 6 heteroatoms. The maximum absolute atomic E-state index is 10.3. The van der Waals surface area contributed by atoms with Crippen LogP contribution in [0.4, 0.5) is 0 Å². The first-order chi connectivity index (χ1) is 7.75. The Kier molecular flexibility index (Phi) is 3.63. The summed E-state index contributed by atoms with van der Waals surface area (Å²) >= 11 is 3.03. The third-order valence-corrected chi connectivity index (χ3v) is 3.94. The summed E-state index contributed by atoms with van der Waals surface area (Å²) in [4.78, 5) is 17.7. The standard InChI is InChI=1S/C10H10N2O2S2/c13-9(14)2-4-15-10-12-8(6-16-10)7-1-3-11-5-7/h1,3,5-6,11H,2,4H2,(H,13,14). The van der Waals surface area contributed by atoms with Gasteiger partial charge in [0.1, 0.15) is 0 Å². The van der Waals surface area contributed by atoms with E-state index in [1.807, 2.05) is 23.8 Å². The van der Waals surface area contributed by atoms with Crippen molar-refractivity contribution in [2.45, 2.75) is 10.8 Å². The molecule has 0 saturated carbocycles. The molecule has 0 saturated heterocycles. The SMILES string of the molecule is O=C(O)CCSc1nc(-c2cc[nH]c2)cs1. The highest BCUT2D eigenvalue weighted by Gasteiger charge is 2.06. The average Bonchev–Trinajstić information content (AvgIpc) is 2.85. The molecule has 0 amide bonds. The lowest BCUT2D eigenvalue weighted by Crippen LogP contribution is -1.95. The second-order valence-electron chi connectivity index (χ2n) is 3.09. The quantitative estimate of drug-likeness (QED) is 0.805. The van der Waals surface area contributed by atoms with Crippen LogP contribution in [0.5, 0.6) is 0 Å². The number of aromatic amines is 1. The Bertz CT molecular complexity index is 465. The van der Waals surface area contributed by atoms with E-state index in [0.29, 0.717) is 5.75 Å². The van der Waals surface area contributed by atoms with Gasteiger partial charge < -0.3 is 10.1 Å². The maximum atomic E-state index is 10.3. The van der Waals surface area contributed by atoms with Crippen LogP contribution >= 0.6 is 23.1 Å². The average molecular weight is 254 g/mol. The van der Waals surface area contributed by atoms with Gasteiger partial charge in [0, 0.05) is 29.1 Å². The molecule has 0 spiro atoms. The molecule has 0 aliphatic rings. The van der Waals surface area contributed by atoms with Crippen molar-refractivity contribution in [2.75, 3.05) is 5.75 Å². The topological polar surface area (TPSA) is 66.0 Å². The Morgan fingerprint density at radius 1 is 1.62 bits per heavy atom. The van der Waals surface area contributed by atoms with Crippen molar-refractivity contribution in [3.63, 3.8) is 0 Å². The first-order valence-corrected chi connectivity index (χ1v) is 6.55. The minimum absolute atomic E-state index is 0.170. The van der Waals surface area contributed by atoms with E-state index in [0.717, 1.165) is 15.6 Å². The first kappa shape index (κ1) is 11.2. The molecule has 2 heterocycles. The van der Waals surface area contributed by atoms with Crippen LogP contribution in [-0.2, 0) is 4.79 Å². The highest BCUT2D eigenvalue weighted by atomic mass is 32.2. The fraction of sp³-hybridized carbons (Fsp3) is 0.200. The zero-order chi connectivity index (χ0) is 11.4. The van der Waals surface area contributed by atoms with Crippen molar-refractivity contribution >= 4 is 29.1 Å². The van der Waals surface area contributed by atoms with E-state index >= 15 is 0 Å². The predicted octanol–water partition coefficient (Wildman–Crippen LogP) is 2.71. The Hall–Kier alpha value is -1.27. The van der Waals surface area contributed by atoms with Crippen molar-refractivity contribution < 1.29 is 9.90 Å². The molecule has 0 aromatic carbocycles. The van der Waals surface area contributed by atoms with Crippen LogP contribution < -0.4 is 0 Å². The van der Waals surface area contributed by atoms with Crippen molar-refractivity contribution in [3.8, 4) is 11.3 Å². The molecule has 0 radical (unpaired) electrons.